The molecule has 0 saturated heterocycles. The normalized spacial score (nSPS) is 11.4. The van der Waals surface area contributed by atoms with E-state index >= 15 is 0 Å². The number of hydrogen-bond donors (Lipinski definition) is 0. The summed E-state index contributed by atoms with van der Waals surface area (Å²) >= 11 is 7.53. The van der Waals surface area contributed by atoms with Crippen LogP contribution in [0, 0.1) is 0 Å². The second kappa shape index (κ2) is 6.12. The SMILES string of the molecule is Clc1cccc(OCc2ccc(-c3nc4c5ccsc5ncn4n3)o2)c1. The van der Waals surface area contributed by atoms with E-state index in [-0.39, 0.29) is 0 Å². The molecule has 0 fully saturated rings. The first-order valence-electron chi connectivity index (χ1n) is 7.82. The Balaban J connectivity index is 1.41. The molecule has 8 heteroatoms. The Morgan fingerprint density at radius 2 is 2.15 bits per heavy atom. The lowest BCUT2D eigenvalue weighted by molar-refractivity contribution is 0.272. The lowest BCUT2D eigenvalue weighted by Crippen LogP contribution is -1.93. The Bertz CT molecular complexity index is 1230. The molecule has 0 radical (unpaired) electrons. The first-order valence-corrected chi connectivity index (χ1v) is 9.08. The molecule has 26 heavy (non-hydrogen) atoms. The molecular formula is C18H11ClN4O2S. The van der Waals surface area contributed by atoms with Gasteiger partial charge in [0.05, 0.1) is 5.39 Å². The molecule has 5 rings (SSSR count). The highest BCUT2D eigenvalue weighted by atomic mass is 35.5. The topological polar surface area (TPSA) is 65.5 Å². The van der Waals surface area contributed by atoms with Gasteiger partial charge in [-0.25, -0.2) is 14.5 Å². The van der Waals surface area contributed by atoms with Crippen molar-refractivity contribution < 1.29 is 9.15 Å². The smallest absolute Gasteiger partial charge is 0.217 e. The Hall–Kier alpha value is -2.90. The van der Waals surface area contributed by atoms with Crippen LogP contribution in [0.3, 0.4) is 0 Å². The van der Waals surface area contributed by atoms with E-state index in [0.29, 0.717) is 34.7 Å². The summed E-state index contributed by atoms with van der Waals surface area (Å²) in [6.45, 7) is 0.296. The fraction of sp³-hybridized carbons (Fsp3) is 0.0556. The minimum atomic E-state index is 0.296. The van der Waals surface area contributed by atoms with Crippen LogP contribution >= 0.6 is 22.9 Å². The molecule has 128 valence electrons. The van der Waals surface area contributed by atoms with Crippen LogP contribution in [0.15, 0.2) is 58.6 Å². The van der Waals surface area contributed by atoms with Crippen LogP contribution in [0.1, 0.15) is 5.76 Å². The van der Waals surface area contributed by atoms with Gasteiger partial charge < -0.3 is 9.15 Å². The molecule has 0 saturated carbocycles. The molecule has 0 aliphatic carbocycles. The molecule has 0 spiro atoms. The Labute approximate surface area is 156 Å². The van der Waals surface area contributed by atoms with Gasteiger partial charge in [0, 0.05) is 5.02 Å². The zero-order valence-electron chi connectivity index (χ0n) is 13.3. The lowest BCUT2D eigenvalue weighted by atomic mass is 10.3. The molecule has 4 heterocycles. The second-order valence-corrected chi connectivity index (χ2v) is 6.93. The highest BCUT2D eigenvalue weighted by Crippen LogP contribution is 2.26. The van der Waals surface area contributed by atoms with Crippen LogP contribution in [0.25, 0.3) is 27.4 Å². The molecule has 5 aromatic rings. The molecule has 0 unspecified atom stereocenters. The summed E-state index contributed by atoms with van der Waals surface area (Å²) in [5.74, 6) is 2.46. The van der Waals surface area contributed by atoms with Gasteiger partial charge in [0.15, 0.2) is 11.4 Å². The maximum Gasteiger partial charge on any atom is 0.217 e. The first-order chi connectivity index (χ1) is 12.8. The van der Waals surface area contributed by atoms with Crippen LogP contribution in [-0.2, 0) is 6.61 Å². The van der Waals surface area contributed by atoms with Gasteiger partial charge in [-0.3, -0.25) is 0 Å². The number of halogens is 1. The number of benzene rings is 1. The van der Waals surface area contributed by atoms with Gasteiger partial charge in [-0.05, 0) is 41.8 Å². The number of hydrogen-bond acceptors (Lipinski definition) is 6. The highest BCUT2D eigenvalue weighted by molar-refractivity contribution is 7.16. The van der Waals surface area contributed by atoms with E-state index in [1.165, 1.54) is 0 Å². The number of nitrogens with zero attached hydrogens (tertiary/aromatic N) is 4. The van der Waals surface area contributed by atoms with Crippen molar-refractivity contribution in [1.82, 2.24) is 19.6 Å². The third-order valence-electron chi connectivity index (χ3n) is 3.86. The van der Waals surface area contributed by atoms with Crippen molar-refractivity contribution >= 4 is 38.8 Å². The van der Waals surface area contributed by atoms with Gasteiger partial charge in [-0.1, -0.05) is 17.7 Å². The van der Waals surface area contributed by atoms with Crippen LogP contribution in [0.5, 0.6) is 5.75 Å². The molecular weight excluding hydrogens is 372 g/mol. The maximum atomic E-state index is 5.96. The van der Waals surface area contributed by atoms with Gasteiger partial charge >= 0.3 is 0 Å². The molecule has 6 nitrogen and oxygen atoms in total. The largest absolute Gasteiger partial charge is 0.486 e. The third-order valence-corrected chi connectivity index (χ3v) is 4.92. The number of thiophene rings is 1. The van der Waals surface area contributed by atoms with E-state index in [9.17, 15) is 0 Å². The molecule has 0 atom stereocenters. The van der Waals surface area contributed by atoms with E-state index < -0.39 is 0 Å². The minimum absolute atomic E-state index is 0.296. The van der Waals surface area contributed by atoms with Crippen molar-refractivity contribution in [2.75, 3.05) is 0 Å². The number of aromatic nitrogens is 4. The van der Waals surface area contributed by atoms with Crippen molar-refractivity contribution in [3.8, 4) is 17.3 Å². The summed E-state index contributed by atoms with van der Waals surface area (Å²) in [5.41, 5.74) is 0.763. The Morgan fingerprint density at radius 1 is 1.19 bits per heavy atom. The summed E-state index contributed by atoms with van der Waals surface area (Å²) in [7, 11) is 0. The van der Waals surface area contributed by atoms with Gasteiger partial charge in [-0.15, -0.1) is 16.4 Å². The van der Waals surface area contributed by atoms with Crippen LogP contribution in [0.2, 0.25) is 5.02 Å². The van der Waals surface area contributed by atoms with Gasteiger partial charge in [-0.2, -0.15) is 0 Å². The second-order valence-electron chi connectivity index (χ2n) is 5.60. The standard InChI is InChI=1S/C18H11ClN4O2S/c19-11-2-1-3-12(8-11)24-9-13-4-5-15(25-13)16-21-17-14-6-7-26-18(14)20-10-23(17)22-16/h1-8,10H,9H2. The monoisotopic (exact) mass is 382 g/mol. The predicted octanol–water partition coefficient (Wildman–Crippen LogP) is 4.83. The predicted molar refractivity (Wildman–Crippen MR) is 99.7 cm³/mol. The van der Waals surface area contributed by atoms with Gasteiger partial charge in [0.25, 0.3) is 0 Å². The highest BCUT2D eigenvalue weighted by Gasteiger charge is 2.14. The minimum Gasteiger partial charge on any atom is -0.486 e. The van der Waals surface area contributed by atoms with E-state index in [1.54, 1.807) is 34.3 Å². The fourth-order valence-corrected chi connectivity index (χ4v) is 3.56. The Kier molecular flexibility index (Phi) is 3.62. The molecule has 4 aromatic heterocycles. The van der Waals surface area contributed by atoms with Crippen molar-refractivity contribution in [3.05, 3.63) is 65.0 Å². The van der Waals surface area contributed by atoms with E-state index in [0.717, 1.165) is 15.9 Å². The maximum absolute atomic E-state index is 5.96. The van der Waals surface area contributed by atoms with Crippen molar-refractivity contribution in [3.63, 3.8) is 0 Å². The zero-order valence-corrected chi connectivity index (χ0v) is 14.9. The lowest BCUT2D eigenvalue weighted by Gasteiger charge is -2.03. The molecule has 0 N–H and O–H groups in total. The quantitative estimate of drug-likeness (QED) is 0.445. The van der Waals surface area contributed by atoms with Gasteiger partial charge in [0.2, 0.25) is 5.82 Å². The van der Waals surface area contributed by atoms with Crippen molar-refractivity contribution in [1.29, 1.82) is 0 Å². The van der Waals surface area contributed by atoms with Crippen molar-refractivity contribution in [2.45, 2.75) is 6.61 Å². The number of furan rings is 1. The van der Waals surface area contributed by atoms with Crippen LogP contribution in [-0.4, -0.2) is 19.6 Å². The molecule has 0 bridgehead atoms. The summed E-state index contributed by atoms with van der Waals surface area (Å²) in [6, 6.07) is 12.9. The van der Waals surface area contributed by atoms with E-state index in [2.05, 4.69) is 15.1 Å². The molecule has 1 aromatic carbocycles. The van der Waals surface area contributed by atoms with Gasteiger partial charge in [0.1, 0.15) is 29.3 Å². The molecule has 0 amide bonds. The Morgan fingerprint density at radius 3 is 3.08 bits per heavy atom. The number of rotatable bonds is 4. The fourth-order valence-electron chi connectivity index (χ4n) is 2.66. The average molecular weight is 383 g/mol. The van der Waals surface area contributed by atoms with Crippen LogP contribution < -0.4 is 4.74 Å². The average Bonchev–Trinajstić information content (AvgIpc) is 3.37. The number of ether oxygens (including phenoxy) is 1. The van der Waals surface area contributed by atoms with E-state index in [4.69, 9.17) is 20.8 Å². The summed E-state index contributed by atoms with van der Waals surface area (Å²) < 4.78 is 13.2. The summed E-state index contributed by atoms with van der Waals surface area (Å²) in [5, 5.41) is 8.05. The zero-order chi connectivity index (χ0) is 17.5. The molecule has 0 aliphatic rings. The summed E-state index contributed by atoms with van der Waals surface area (Å²) in [4.78, 5) is 9.90. The van der Waals surface area contributed by atoms with E-state index in [1.807, 2.05) is 35.7 Å². The van der Waals surface area contributed by atoms with Crippen LogP contribution in [0.4, 0.5) is 0 Å². The first kappa shape index (κ1) is 15.4. The van der Waals surface area contributed by atoms with Crippen molar-refractivity contribution in [2.24, 2.45) is 0 Å². The molecule has 0 aliphatic heterocycles. The third kappa shape index (κ3) is 2.71. The summed E-state index contributed by atoms with van der Waals surface area (Å²) in [6.07, 6.45) is 1.66. The number of fused-ring (bicyclic) bond motifs is 3.